The summed E-state index contributed by atoms with van der Waals surface area (Å²) in [6.45, 7) is 2.16. The molecule has 5 heteroatoms. The third kappa shape index (κ3) is 5.29. The van der Waals surface area contributed by atoms with Crippen LogP contribution >= 0.6 is 0 Å². The molecule has 0 saturated heterocycles. The van der Waals surface area contributed by atoms with E-state index >= 15 is 0 Å². The van der Waals surface area contributed by atoms with Crippen molar-refractivity contribution in [3.8, 4) is 0 Å². The van der Waals surface area contributed by atoms with Crippen LogP contribution in [0, 0.1) is 5.82 Å². The van der Waals surface area contributed by atoms with Gasteiger partial charge in [-0.15, -0.1) is 0 Å². The number of carbonyl (C=O) groups excluding carboxylic acids is 1. The summed E-state index contributed by atoms with van der Waals surface area (Å²) in [7, 11) is 1.64. The molecule has 0 atom stereocenters. The highest BCUT2D eigenvalue weighted by atomic mass is 19.1. The minimum absolute atomic E-state index is 0.00633. The number of amides is 1. The van der Waals surface area contributed by atoms with Crippen molar-refractivity contribution >= 4 is 5.91 Å². The summed E-state index contributed by atoms with van der Waals surface area (Å²) in [4.78, 5) is 12.0. The molecule has 1 aliphatic carbocycles. The van der Waals surface area contributed by atoms with Crippen LogP contribution in [0.1, 0.15) is 37.7 Å². The van der Waals surface area contributed by atoms with Crippen molar-refractivity contribution in [1.29, 1.82) is 0 Å². The Kier molecular flexibility index (Phi) is 6.99. The number of nitrogens with one attached hydrogen (secondary N) is 2. The Labute approximate surface area is 137 Å². The second kappa shape index (κ2) is 8.99. The Balaban J connectivity index is 1.93. The predicted molar refractivity (Wildman–Crippen MR) is 88.9 cm³/mol. The molecule has 2 rings (SSSR count). The van der Waals surface area contributed by atoms with E-state index in [9.17, 15) is 9.18 Å². The Hall–Kier alpha value is -1.46. The first-order valence-electron chi connectivity index (χ1n) is 8.39. The average molecular weight is 322 g/mol. The predicted octanol–water partition coefficient (Wildman–Crippen LogP) is 2.38. The smallest absolute Gasteiger partial charge is 0.233 e. The van der Waals surface area contributed by atoms with E-state index < -0.39 is 0 Å². The topological polar surface area (TPSA) is 50.4 Å². The van der Waals surface area contributed by atoms with E-state index in [0.717, 1.165) is 31.2 Å². The summed E-state index contributed by atoms with van der Waals surface area (Å²) in [5.74, 6) is -0.223. The molecule has 0 radical (unpaired) electrons. The molecule has 23 heavy (non-hydrogen) atoms. The van der Waals surface area contributed by atoms with E-state index in [2.05, 4.69) is 10.6 Å². The SMILES string of the molecule is COCCNCC(=O)NCC1(c2ccc(F)cc2)CCCCC1. The molecule has 128 valence electrons. The van der Waals surface area contributed by atoms with Crippen LogP contribution in [0.2, 0.25) is 0 Å². The molecule has 0 unspecified atom stereocenters. The van der Waals surface area contributed by atoms with E-state index in [1.165, 1.54) is 18.6 Å². The molecule has 0 bridgehead atoms. The van der Waals surface area contributed by atoms with Gasteiger partial charge in [0.1, 0.15) is 5.82 Å². The molecular weight excluding hydrogens is 295 g/mol. The molecular formula is C18H27FN2O2. The lowest BCUT2D eigenvalue weighted by molar-refractivity contribution is -0.120. The minimum atomic E-state index is -0.217. The second-order valence-electron chi connectivity index (χ2n) is 6.29. The van der Waals surface area contributed by atoms with Gasteiger partial charge in [0.2, 0.25) is 5.91 Å². The zero-order valence-corrected chi connectivity index (χ0v) is 13.9. The van der Waals surface area contributed by atoms with Crippen LogP contribution in [-0.2, 0) is 14.9 Å². The molecule has 1 aliphatic rings. The lowest BCUT2D eigenvalue weighted by Gasteiger charge is -2.38. The molecule has 0 heterocycles. The molecule has 1 saturated carbocycles. The van der Waals surface area contributed by atoms with Crippen molar-refractivity contribution in [2.24, 2.45) is 0 Å². The first kappa shape index (κ1) is 17.9. The van der Waals surface area contributed by atoms with Crippen LogP contribution in [0.4, 0.5) is 4.39 Å². The van der Waals surface area contributed by atoms with E-state index in [1.807, 2.05) is 12.1 Å². The van der Waals surface area contributed by atoms with Crippen molar-refractivity contribution < 1.29 is 13.9 Å². The Morgan fingerprint density at radius 2 is 1.91 bits per heavy atom. The molecule has 0 aliphatic heterocycles. The highest BCUT2D eigenvalue weighted by Gasteiger charge is 2.34. The number of benzene rings is 1. The number of halogens is 1. The van der Waals surface area contributed by atoms with Gasteiger partial charge in [0.05, 0.1) is 13.2 Å². The standard InChI is InChI=1S/C18H27FN2O2/c1-23-12-11-20-13-17(22)21-14-18(9-3-2-4-10-18)15-5-7-16(19)8-6-15/h5-8,20H,2-4,9-14H2,1H3,(H,21,22). The maximum Gasteiger partial charge on any atom is 0.233 e. The fourth-order valence-electron chi connectivity index (χ4n) is 3.31. The highest BCUT2D eigenvalue weighted by Crippen LogP contribution is 2.39. The summed E-state index contributed by atoms with van der Waals surface area (Å²) in [5.41, 5.74) is 1.07. The van der Waals surface area contributed by atoms with E-state index in [1.54, 1.807) is 7.11 Å². The molecule has 0 spiro atoms. The monoisotopic (exact) mass is 322 g/mol. The summed E-state index contributed by atoms with van der Waals surface area (Å²) in [6.07, 6.45) is 5.61. The zero-order chi connectivity index (χ0) is 16.5. The van der Waals surface area contributed by atoms with Crippen LogP contribution in [-0.4, -0.2) is 39.3 Å². The Morgan fingerprint density at radius 3 is 2.57 bits per heavy atom. The highest BCUT2D eigenvalue weighted by molar-refractivity contribution is 5.78. The third-order valence-corrected chi connectivity index (χ3v) is 4.66. The van der Waals surface area contributed by atoms with Crippen LogP contribution in [0.3, 0.4) is 0 Å². The fourth-order valence-corrected chi connectivity index (χ4v) is 3.31. The number of rotatable bonds is 8. The van der Waals surface area contributed by atoms with Crippen LogP contribution in [0.15, 0.2) is 24.3 Å². The van der Waals surface area contributed by atoms with Gasteiger partial charge in [-0.05, 0) is 30.5 Å². The normalized spacial score (nSPS) is 17.0. The van der Waals surface area contributed by atoms with Gasteiger partial charge in [0.25, 0.3) is 0 Å². The number of hydrogen-bond donors (Lipinski definition) is 2. The largest absolute Gasteiger partial charge is 0.383 e. The molecule has 2 N–H and O–H groups in total. The van der Waals surface area contributed by atoms with Gasteiger partial charge in [-0.1, -0.05) is 31.4 Å². The zero-order valence-electron chi connectivity index (χ0n) is 13.9. The lowest BCUT2D eigenvalue weighted by atomic mass is 9.69. The third-order valence-electron chi connectivity index (χ3n) is 4.66. The van der Waals surface area contributed by atoms with Gasteiger partial charge in [0, 0.05) is 25.6 Å². The van der Waals surface area contributed by atoms with Gasteiger partial charge >= 0.3 is 0 Å². The minimum Gasteiger partial charge on any atom is -0.383 e. The van der Waals surface area contributed by atoms with Crippen LogP contribution in [0.5, 0.6) is 0 Å². The Morgan fingerprint density at radius 1 is 1.22 bits per heavy atom. The first-order valence-corrected chi connectivity index (χ1v) is 8.39. The van der Waals surface area contributed by atoms with Gasteiger partial charge in [-0.3, -0.25) is 4.79 Å². The number of ether oxygens (including phenoxy) is 1. The average Bonchev–Trinajstić information content (AvgIpc) is 2.58. The van der Waals surface area contributed by atoms with Crippen molar-refractivity contribution in [3.05, 3.63) is 35.6 Å². The van der Waals surface area contributed by atoms with E-state index in [0.29, 0.717) is 26.2 Å². The van der Waals surface area contributed by atoms with Gasteiger partial charge < -0.3 is 15.4 Å². The molecule has 1 amide bonds. The molecule has 4 nitrogen and oxygen atoms in total. The maximum atomic E-state index is 13.2. The summed E-state index contributed by atoms with van der Waals surface area (Å²) < 4.78 is 18.1. The van der Waals surface area contributed by atoms with Crippen LogP contribution in [0.25, 0.3) is 0 Å². The quantitative estimate of drug-likeness (QED) is 0.723. The maximum absolute atomic E-state index is 13.2. The van der Waals surface area contributed by atoms with Crippen molar-refractivity contribution in [3.63, 3.8) is 0 Å². The number of carbonyl (C=O) groups is 1. The van der Waals surface area contributed by atoms with Gasteiger partial charge in [0.15, 0.2) is 0 Å². The number of methoxy groups -OCH3 is 1. The fraction of sp³-hybridized carbons (Fsp3) is 0.611. The van der Waals surface area contributed by atoms with Crippen molar-refractivity contribution in [2.45, 2.75) is 37.5 Å². The van der Waals surface area contributed by atoms with Crippen molar-refractivity contribution in [1.82, 2.24) is 10.6 Å². The van der Waals surface area contributed by atoms with Gasteiger partial charge in [-0.25, -0.2) is 4.39 Å². The molecule has 1 aromatic rings. The lowest BCUT2D eigenvalue weighted by Crippen LogP contribution is -2.45. The first-order chi connectivity index (χ1) is 11.2. The van der Waals surface area contributed by atoms with Crippen LogP contribution < -0.4 is 10.6 Å². The van der Waals surface area contributed by atoms with Crippen molar-refractivity contribution in [2.75, 3.05) is 33.4 Å². The van der Waals surface area contributed by atoms with E-state index in [-0.39, 0.29) is 17.1 Å². The molecule has 1 fully saturated rings. The molecule has 1 aromatic carbocycles. The summed E-state index contributed by atoms with van der Waals surface area (Å²) in [6, 6.07) is 6.76. The summed E-state index contributed by atoms with van der Waals surface area (Å²) in [5, 5.41) is 6.09. The Bertz CT molecular complexity index is 484. The number of hydrogen-bond acceptors (Lipinski definition) is 3. The van der Waals surface area contributed by atoms with Gasteiger partial charge in [-0.2, -0.15) is 0 Å². The van der Waals surface area contributed by atoms with E-state index in [4.69, 9.17) is 4.74 Å². The summed E-state index contributed by atoms with van der Waals surface area (Å²) >= 11 is 0. The molecule has 0 aromatic heterocycles. The second-order valence-corrected chi connectivity index (χ2v) is 6.29.